The summed E-state index contributed by atoms with van der Waals surface area (Å²) >= 11 is 0. The zero-order valence-electron chi connectivity index (χ0n) is 11.9. The van der Waals surface area contributed by atoms with Crippen LogP contribution < -0.4 is 0 Å². The van der Waals surface area contributed by atoms with Crippen molar-refractivity contribution in [1.29, 1.82) is 0 Å². The van der Waals surface area contributed by atoms with E-state index in [1.807, 2.05) is 79.2 Å². The fraction of sp³-hybridized carbons (Fsp3) is 0.167. The first-order chi connectivity index (χ1) is 9.84. The Balaban J connectivity index is 0.000000704. The zero-order valence-corrected chi connectivity index (χ0v) is 11.9. The molecule has 102 valence electrons. The Hall–Kier alpha value is -2.35. The van der Waals surface area contributed by atoms with E-state index in [0.717, 1.165) is 11.1 Å². The van der Waals surface area contributed by atoms with Crippen LogP contribution in [0.15, 0.2) is 66.9 Å². The smallest absolute Gasteiger partial charge is 0.182 e. The van der Waals surface area contributed by atoms with E-state index in [1.165, 1.54) is 5.39 Å². The lowest BCUT2D eigenvalue weighted by atomic mass is 10.1. The topological polar surface area (TPSA) is 22.0 Å². The van der Waals surface area contributed by atoms with Crippen molar-refractivity contribution in [3.63, 3.8) is 0 Å². The van der Waals surface area contributed by atoms with Gasteiger partial charge in [0, 0.05) is 17.3 Å². The predicted octanol–water partition coefficient (Wildman–Crippen LogP) is 4.55. The molecule has 2 aromatic carbocycles. The molecule has 0 bridgehead atoms. The van der Waals surface area contributed by atoms with Gasteiger partial charge in [0.25, 0.3) is 0 Å². The third-order valence-electron chi connectivity index (χ3n) is 3.09. The molecule has 3 rings (SSSR count). The lowest BCUT2D eigenvalue weighted by Crippen LogP contribution is -2.09. The minimum atomic E-state index is 0.136. The van der Waals surface area contributed by atoms with Crippen LogP contribution in [0.3, 0.4) is 0 Å². The molecule has 0 amide bonds. The SMILES string of the molecule is CC.O=C(Cn1ccc2ccccc21)c1ccccc1. The molecule has 0 fully saturated rings. The maximum atomic E-state index is 12.1. The molecule has 1 aromatic heterocycles. The van der Waals surface area contributed by atoms with E-state index in [4.69, 9.17) is 0 Å². The number of hydrogen-bond acceptors (Lipinski definition) is 1. The van der Waals surface area contributed by atoms with E-state index in [0.29, 0.717) is 6.54 Å². The van der Waals surface area contributed by atoms with E-state index >= 15 is 0 Å². The van der Waals surface area contributed by atoms with Crippen LogP contribution in [0.5, 0.6) is 0 Å². The summed E-state index contributed by atoms with van der Waals surface area (Å²) < 4.78 is 1.99. The van der Waals surface area contributed by atoms with Gasteiger partial charge in [-0.3, -0.25) is 4.79 Å². The summed E-state index contributed by atoms with van der Waals surface area (Å²) in [5.74, 6) is 0.136. The number of aromatic nitrogens is 1. The Kier molecular flexibility index (Phi) is 4.72. The summed E-state index contributed by atoms with van der Waals surface area (Å²) in [5, 5.41) is 1.17. The number of fused-ring (bicyclic) bond motifs is 1. The van der Waals surface area contributed by atoms with Crippen molar-refractivity contribution < 1.29 is 4.79 Å². The first-order valence-electron chi connectivity index (χ1n) is 6.97. The molecule has 0 atom stereocenters. The fourth-order valence-corrected chi connectivity index (χ4v) is 2.15. The molecule has 0 aliphatic heterocycles. The summed E-state index contributed by atoms with van der Waals surface area (Å²) in [6, 6.07) is 19.5. The molecule has 0 N–H and O–H groups in total. The summed E-state index contributed by atoms with van der Waals surface area (Å²) in [6.07, 6.45) is 1.96. The number of ketones is 1. The van der Waals surface area contributed by atoms with Gasteiger partial charge >= 0.3 is 0 Å². The number of benzene rings is 2. The molecular weight excluding hydrogens is 246 g/mol. The van der Waals surface area contributed by atoms with Gasteiger partial charge in [-0.05, 0) is 17.5 Å². The molecule has 0 aliphatic carbocycles. The van der Waals surface area contributed by atoms with Gasteiger partial charge in [0.1, 0.15) is 0 Å². The summed E-state index contributed by atoms with van der Waals surface area (Å²) in [6.45, 7) is 4.39. The summed E-state index contributed by atoms with van der Waals surface area (Å²) in [5.41, 5.74) is 1.86. The average Bonchev–Trinajstić information content (AvgIpc) is 2.93. The molecule has 1 heterocycles. The largest absolute Gasteiger partial charge is 0.340 e. The molecule has 0 saturated heterocycles. The molecule has 0 radical (unpaired) electrons. The Bertz CT molecular complexity index is 683. The lowest BCUT2D eigenvalue weighted by Gasteiger charge is -2.04. The van der Waals surface area contributed by atoms with Crippen molar-refractivity contribution in [3.05, 3.63) is 72.4 Å². The normalized spacial score (nSPS) is 9.90. The second-order valence-electron chi connectivity index (χ2n) is 4.29. The maximum Gasteiger partial charge on any atom is 0.182 e. The fourth-order valence-electron chi connectivity index (χ4n) is 2.15. The van der Waals surface area contributed by atoms with Gasteiger partial charge in [0.2, 0.25) is 0 Å². The van der Waals surface area contributed by atoms with Gasteiger partial charge in [0.15, 0.2) is 5.78 Å². The van der Waals surface area contributed by atoms with Crippen molar-refractivity contribution in [2.75, 3.05) is 0 Å². The minimum Gasteiger partial charge on any atom is -0.340 e. The van der Waals surface area contributed by atoms with Crippen LogP contribution in [0.2, 0.25) is 0 Å². The molecule has 20 heavy (non-hydrogen) atoms. The van der Waals surface area contributed by atoms with Crippen LogP contribution in [0.25, 0.3) is 10.9 Å². The van der Waals surface area contributed by atoms with E-state index in [2.05, 4.69) is 6.07 Å². The van der Waals surface area contributed by atoms with Crippen molar-refractivity contribution in [1.82, 2.24) is 4.57 Å². The van der Waals surface area contributed by atoms with Crippen molar-refractivity contribution in [3.8, 4) is 0 Å². The Labute approximate surface area is 119 Å². The first kappa shape index (κ1) is 14.1. The maximum absolute atomic E-state index is 12.1. The summed E-state index contributed by atoms with van der Waals surface area (Å²) in [7, 11) is 0. The van der Waals surface area contributed by atoms with Crippen LogP contribution in [0.4, 0.5) is 0 Å². The van der Waals surface area contributed by atoms with Gasteiger partial charge in [-0.15, -0.1) is 0 Å². The Morgan fingerprint density at radius 3 is 2.30 bits per heavy atom. The minimum absolute atomic E-state index is 0.136. The van der Waals surface area contributed by atoms with Crippen molar-refractivity contribution >= 4 is 16.7 Å². The highest BCUT2D eigenvalue weighted by Crippen LogP contribution is 2.15. The highest BCUT2D eigenvalue weighted by atomic mass is 16.1. The van der Waals surface area contributed by atoms with Crippen LogP contribution in [-0.2, 0) is 6.54 Å². The molecule has 0 unspecified atom stereocenters. The van der Waals surface area contributed by atoms with E-state index in [-0.39, 0.29) is 5.78 Å². The van der Waals surface area contributed by atoms with Gasteiger partial charge < -0.3 is 4.57 Å². The highest BCUT2D eigenvalue weighted by Gasteiger charge is 2.07. The molecule has 3 aromatic rings. The summed E-state index contributed by atoms with van der Waals surface area (Å²) in [4.78, 5) is 12.1. The van der Waals surface area contributed by atoms with Crippen LogP contribution in [-0.4, -0.2) is 10.4 Å². The molecule has 2 nitrogen and oxygen atoms in total. The average molecular weight is 265 g/mol. The third-order valence-corrected chi connectivity index (χ3v) is 3.09. The number of nitrogens with zero attached hydrogens (tertiary/aromatic N) is 1. The standard InChI is InChI=1S/C16H13NO.C2H6/c18-16(14-7-2-1-3-8-14)12-17-11-10-13-6-4-5-9-15(13)17;1-2/h1-11H,12H2;1-2H3. The third kappa shape index (κ3) is 2.97. The molecule has 0 saturated carbocycles. The van der Waals surface area contributed by atoms with Crippen molar-refractivity contribution in [2.24, 2.45) is 0 Å². The van der Waals surface area contributed by atoms with Crippen LogP contribution in [0.1, 0.15) is 24.2 Å². The molecule has 0 spiro atoms. The van der Waals surface area contributed by atoms with Crippen molar-refractivity contribution in [2.45, 2.75) is 20.4 Å². The number of carbonyl (C=O) groups is 1. The number of Topliss-reactive ketones (excluding diaryl/α,β-unsaturated/α-hetero) is 1. The van der Waals surface area contributed by atoms with E-state index in [9.17, 15) is 4.79 Å². The second-order valence-corrected chi connectivity index (χ2v) is 4.29. The number of hydrogen-bond donors (Lipinski definition) is 0. The van der Waals surface area contributed by atoms with Gasteiger partial charge in [-0.2, -0.15) is 0 Å². The quantitative estimate of drug-likeness (QED) is 0.637. The van der Waals surface area contributed by atoms with Gasteiger partial charge in [0.05, 0.1) is 6.54 Å². The predicted molar refractivity (Wildman–Crippen MR) is 84.1 cm³/mol. The Morgan fingerprint density at radius 2 is 1.55 bits per heavy atom. The molecular formula is C18H19NO. The van der Waals surface area contributed by atoms with Crippen LogP contribution >= 0.6 is 0 Å². The van der Waals surface area contributed by atoms with Gasteiger partial charge in [-0.1, -0.05) is 62.4 Å². The van der Waals surface area contributed by atoms with E-state index in [1.54, 1.807) is 0 Å². The lowest BCUT2D eigenvalue weighted by molar-refractivity contribution is 0.0973. The van der Waals surface area contributed by atoms with Gasteiger partial charge in [-0.25, -0.2) is 0 Å². The molecule has 0 aliphatic rings. The van der Waals surface area contributed by atoms with E-state index < -0.39 is 0 Å². The second kappa shape index (κ2) is 6.71. The number of para-hydroxylation sites is 1. The monoisotopic (exact) mass is 265 g/mol. The first-order valence-corrected chi connectivity index (χ1v) is 6.97. The number of carbonyl (C=O) groups excluding carboxylic acids is 1. The highest BCUT2D eigenvalue weighted by molar-refractivity contribution is 5.96. The Morgan fingerprint density at radius 1 is 0.900 bits per heavy atom. The van der Waals surface area contributed by atoms with Crippen LogP contribution in [0, 0.1) is 0 Å². The number of rotatable bonds is 3. The zero-order chi connectivity index (χ0) is 14.4. The molecule has 2 heteroatoms.